The maximum atomic E-state index is 11.6. The Labute approximate surface area is 127 Å². The molecule has 0 radical (unpaired) electrons. The normalized spacial score (nSPS) is 12.1. The molecule has 0 heterocycles. The van der Waals surface area contributed by atoms with Gasteiger partial charge >= 0.3 is 127 Å². The molecule has 3 nitrogen and oxygen atoms in total. The summed E-state index contributed by atoms with van der Waals surface area (Å²) in [5.74, 6) is 0. The van der Waals surface area contributed by atoms with E-state index < -0.39 is 24.0 Å². The summed E-state index contributed by atoms with van der Waals surface area (Å²) in [5.41, 5.74) is 0.927. The van der Waals surface area contributed by atoms with Gasteiger partial charge in [0.05, 0.1) is 0 Å². The van der Waals surface area contributed by atoms with Gasteiger partial charge in [-0.05, 0) is 0 Å². The molecule has 0 aliphatic heterocycles. The van der Waals surface area contributed by atoms with E-state index in [0.29, 0.717) is 6.54 Å². The third kappa shape index (κ3) is 6.16. The Morgan fingerprint density at radius 1 is 1.20 bits per heavy atom. The number of rotatable bonds is 4. The molecule has 0 aliphatic rings. The van der Waals surface area contributed by atoms with Crippen LogP contribution in [0.5, 0.6) is 0 Å². The van der Waals surface area contributed by atoms with E-state index in [9.17, 15) is 4.79 Å². The summed E-state index contributed by atoms with van der Waals surface area (Å²) in [6.07, 6.45) is 0.526. The van der Waals surface area contributed by atoms with Crippen molar-refractivity contribution in [3.05, 3.63) is 29.8 Å². The fraction of sp³-hybridized carbons (Fsp3) is 0.562. The summed E-state index contributed by atoms with van der Waals surface area (Å²) < 4.78 is 6.77. The third-order valence-electron chi connectivity index (χ3n) is 2.89. The molecule has 1 aromatic carbocycles. The Bertz CT molecular complexity index is 458. The predicted molar refractivity (Wildman–Crippen MR) is 87.4 cm³/mol. The second kappa shape index (κ2) is 6.83. The van der Waals surface area contributed by atoms with Gasteiger partial charge in [0.1, 0.15) is 0 Å². The first-order valence-electron chi connectivity index (χ1n) is 7.15. The number of benzene rings is 1. The van der Waals surface area contributed by atoms with Crippen LogP contribution in [0.3, 0.4) is 0 Å². The Kier molecular flexibility index (Phi) is 5.92. The van der Waals surface area contributed by atoms with Crippen molar-refractivity contribution in [2.75, 3.05) is 6.54 Å². The minimum atomic E-state index is -2.08. The van der Waals surface area contributed by atoms with Gasteiger partial charge in [0.25, 0.3) is 0 Å². The van der Waals surface area contributed by atoms with Gasteiger partial charge in [-0.15, -0.1) is 0 Å². The van der Waals surface area contributed by atoms with E-state index in [1.807, 2.05) is 20.8 Å². The molecular weight excluding hydrogens is 357 g/mol. The standard InChI is InChI=1S/C13H18NO2.3CH3.Sn/c1-13(2,3)16-12(15)14-10-9-11-7-5-4-6-8-11;;;;/h4-7H,9-10H2,1-3H3,(H,14,15);3*1H3;. The van der Waals surface area contributed by atoms with Crippen LogP contribution >= 0.6 is 0 Å². The maximum absolute atomic E-state index is 11.6. The van der Waals surface area contributed by atoms with E-state index in [2.05, 4.69) is 44.4 Å². The number of ether oxygens (including phenoxy) is 1. The zero-order valence-electron chi connectivity index (χ0n) is 13.5. The van der Waals surface area contributed by atoms with Crippen molar-refractivity contribution in [1.29, 1.82) is 0 Å². The number of hydrogen-bond acceptors (Lipinski definition) is 2. The first-order valence-corrected chi connectivity index (χ1v) is 17.1. The van der Waals surface area contributed by atoms with Crippen LogP contribution in [-0.2, 0) is 11.2 Å². The van der Waals surface area contributed by atoms with Crippen molar-refractivity contribution >= 4 is 28.0 Å². The van der Waals surface area contributed by atoms with Crippen molar-refractivity contribution in [3.8, 4) is 0 Å². The second-order valence-corrected chi connectivity index (χ2v) is 21.5. The average Bonchev–Trinajstić information content (AvgIpc) is 2.25. The number of nitrogens with one attached hydrogen (secondary N) is 1. The quantitative estimate of drug-likeness (QED) is 0.810. The SMILES string of the molecule is CC(C)(C)OC(=O)NCCc1cccc[c]1[Sn]([CH3])([CH3])[CH3]. The minimum absolute atomic E-state index is 0.339. The van der Waals surface area contributed by atoms with Crippen molar-refractivity contribution < 1.29 is 9.53 Å². The van der Waals surface area contributed by atoms with E-state index in [4.69, 9.17) is 4.74 Å². The molecule has 112 valence electrons. The van der Waals surface area contributed by atoms with Gasteiger partial charge in [0.15, 0.2) is 0 Å². The predicted octanol–water partition coefficient (Wildman–Crippen LogP) is 3.30. The molecule has 1 rings (SSSR count). The molecule has 4 heteroatoms. The Morgan fingerprint density at radius 2 is 1.80 bits per heavy atom. The van der Waals surface area contributed by atoms with Crippen molar-refractivity contribution in [2.45, 2.75) is 47.6 Å². The molecule has 0 saturated carbocycles. The Hall–Kier alpha value is -0.711. The van der Waals surface area contributed by atoms with Crippen LogP contribution < -0.4 is 8.90 Å². The van der Waals surface area contributed by atoms with Crippen LogP contribution in [0.1, 0.15) is 26.3 Å². The first kappa shape index (κ1) is 17.3. The molecule has 0 spiro atoms. The van der Waals surface area contributed by atoms with E-state index in [-0.39, 0.29) is 6.09 Å². The third-order valence-corrected chi connectivity index (χ3v) is 8.89. The van der Waals surface area contributed by atoms with Crippen molar-refractivity contribution in [3.63, 3.8) is 0 Å². The van der Waals surface area contributed by atoms with Crippen LogP contribution in [0, 0.1) is 0 Å². The van der Waals surface area contributed by atoms with Gasteiger partial charge in [-0.1, -0.05) is 0 Å². The molecule has 1 amide bonds. The number of carbonyl (C=O) groups excluding carboxylic acids is 1. The topological polar surface area (TPSA) is 38.3 Å². The van der Waals surface area contributed by atoms with Crippen LogP contribution in [0.4, 0.5) is 4.79 Å². The number of hydrogen-bond donors (Lipinski definition) is 1. The molecule has 0 aromatic heterocycles. The summed E-state index contributed by atoms with van der Waals surface area (Å²) in [6, 6.07) is 8.61. The van der Waals surface area contributed by atoms with Crippen LogP contribution in [0.15, 0.2) is 24.3 Å². The summed E-state index contributed by atoms with van der Waals surface area (Å²) in [7, 11) is 0. The van der Waals surface area contributed by atoms with Crippen LogP contribution in [0.2, 0.25) is 14.8 Å². The van der Waals surface area contributed by atoms with Crippen LogP contribution in [0.25, 0.3) is 0 Å². The number of amides is 1. The first-order chi connectivity index (χ1) is 9.09. The monoisotopic (exact) mass is 385 g/mol. The second-order valence-electron chi connectivity index (χ2n) is 7.09. The summed E-state index contributed by atoms with van der Waals surface area (Å²) in [4.78, 5) is 18.8. The fourth-order valence-corrected chi connectivity index (χ4v) is 7.13. The zero-order valence-corrected chi connectivity index (χ0v) is 16.4. The van der Waals surface area contributed by atoms with Crippen molar-refractivity contribution in [1.82, 2.24) is 5.32 Å². The van der Waals surface area contributed by atoms with Gasteiger partial charge in [0, 0.05) is 0 Å². The molecule has 20 heavy (non-hydrogen) atoms. The van der Waals surface area contributed by atoms with E-state index in [1.54, 1.807) is 0 Å². The molecule has 0 aliphatic carbocycles. The molecule has 0 unspecified atom stereocenters. The van der Waals surface area contributed by atoms with Gasteiger partial charge in [-0.25, -0.2) is 0 Å². The van der Waals surface area contributed by atoms with Crippen LogP contribution in [-0.4, -0.2) is 36.6 Å². The molecule has 0 fully saturated rings. The van der Waals surface area contributed by atoms with Gasteiger partial charge in [-0.2, -0.15) is 0 Å². The molecule has 1 N–H and O–H groups in total. The average molecular weight is 384 g/mol. The molecule has 0 saturated heterocycles. The van der Waals surface area contributed by atoms with Gasteiger partial charge < -0.3 is 0 Å². The molecule has 1 aromatic rings. The summed E-state index contributed by atoms with van der Waals surface area (Å²) in [6.45, 7) is 6.23. The van der Waals surface area contributed by atoms with E-state index in [0.717, 1.165) is 6.42 Å². The zero-order chi connectivity index (χ0) is 15.4. The summed E-state index contributed by atoms with van der Waals surface area (Å²) >= 11 is -2.08. The molecule has 0 atom stereocenters. The number of carbonyl (C=O) groups is 1. The van der Waals surface area contributed by atoms with Gasteiger partial charge in [0.2, 0.25) is 0 Å². The molecule has 0 bridgehead atoms. The number of alkyl carbamates (subject to hydrolysis) is 1. The Morgan fingerprint density at radius 3 is 2.35 bits per heavy atom. The summed E-state index contributed by atoms with van der Waals surface area (Å²) in [5, 5.41) is 2.83. The van der Waals surface area contributed by atoms with E-state index >= 15 is 0 Å². The Balaban J connectivity index is 2.57. The molecular formula is C16H27NO2Sn. The van der Waals surface area contributed by atoms with Crippen molar-refractivity contribution in [2.24, 2.45) is 0 Å². The fourth-order valence-electron chi connectivity index (χ4n) is 2.08. The van der Waals surface area contributed by atoms with E-state index in [1.165, 1.54) is 9.14 Å². The van der Waals surface area contributed by atoms with Gasteiger partial charge in [-0.3, -0.25) is 0 Å².